The first-order valence-corrected chi connectivity index (χ1v) is 9.85. The van der Waals surface area contributed by atoms with Crippen LogP contribution in [-0.2, 0) is 6.54 Å². The van der Waals surface area contributed by atoms with Crippen molar-refractivity contribution in [2.24, 2.45) is 0 Å². The zero-order valence-electron chi connectivity index (χ0n) is 16.6. The van der Waals surface area contributed by atoms with E-state index in [2.05, 4.69) is 17.2 Å². The highest BCUT2D eigenvalue weighted by Crippen LogP contribution is 2.28. The summed E-state index contributed by atoms with van der Waals surface area (Å²) in [6.07, 6.45) is 3.61. The normalized spacial score (nSPS) is 11.7. The Kier molecular flexibility index (Phi) is 7.73. The zero-order chi connectivity index (χ0) is 20.5. The summed E-state index contributed by atoms with van der Waals surface area (Å²) in [6.45, 7) is 3.62. The maximum Gasteiger partial charge on any atom is 0.161 e. The second kappa shape index (κ2) is 10.7. The predicted molar refractivity (Wildman–Crippen MR) is 115 cm³/mol. The van der Waals surface area contributed by atoms with Crippen LogP contribution in [-0.4, -0.2) is 25.3 Å². The Labute approximate surface area is 176 Å². The van der Waals surface area contributed by atoms with Gasteiger partial charge in [0, 0.05) is 25.0 Å². The van der Waals surface area contributed by atoms with Gasteiger partial charge in [0.05, 0.1) is 12.1 Å². The van der Waals surface area contributed by atoms with Crippen molar-refractivity contribution in [1.29, 1.82) is 0 Å². The van der Waals surface area contributed by atoms with E-state index in [0.29, 0.717) is 35.5 Å². The van der Waals surface area contributed by atoms with Crippen molar-refractivity contribution in [3.63, 3.8) is 0 Å². The number of pyridine rings is 1. The number of ether oxygens (including phenoxy) is 3. The summed E-state index contributed by atoms with van der Waals surface area (Å²) in [5.41, 5.74) is 2.31. The maximum atomic E-state index is 6.08. The van der Waals surface area contributed by atoms with Crippen LogP contribution < -0.4 is 19.5 Å². The molecule has 0 fully saturated rings. The molecule has 152 valence electrons. The minimum Gasteiger partial charge on any atom is -0.493 e. The summed E-state index contributed by atoms with van der Waals surface area (Å²) in [5.74, 6) is 2.02. The fourth-order valence-corrected chi connectivity index (χ4v) is 3.04. The number of benzene rings is 2. The number of hydrogen-bond acceptors (Lipinski definition) is 5. The molecule has 5 nitrogen and oxygen atoms in total. The fraction of sp³-hybridized carbons (Fsp3) is 0.261. The van der Waals surface area contributed by atoms with E-state index in [1.54, 1.807) is 25.6 Å². The lowest BCUT2D eigenvalue weighted by molar-refractivity contribution is 0.211. The highest BCUT2D eigenvalue weighted by molar-refractivity contribution is 6.32. The zero-order valence-corrected chi connectivity index (χ0v) is 17.4. The molecule has 29 heavy (non-hydrogen) atoms. The molecule has 3 rings (SSSR count). The Morgan fingerprint density at radius 2 is 1.66 bits per heavy atom. The molecule has 0 radical (unpaired) electrons. The maximum absolute atomic E-state index is 6.08. The summed E-state index contributed by atoms with van der Waals surface area (Å²) in [7, 11) is 1.64. The van der Waals surface area contributed by atoms with E-state index in [1.165, 1.54) is 5.56 Å². The molecule has 0 saturated carbocycles. The predicted octanol–water partition coefficient (Wildman–Crippen LogP) is 5.05. The van der Waals surface area contributed by atoms with Gasteiger partial charge in [0.15, 0.2) is 11.5 Å². The van der Waals surface area contributed by atoms with Crippen LogP contribution in [0.5, 0.6) is 17.2 Å². The van der Waals surface area contributed by atoms with Crippen LogP contribution in [0, 0.1) is 0 Å². The largest absolute Gasteiger partial charge is 0.493 e. The van der Waals surface area contributed by atoms with E-state index >= 15 is 0 Å². The van der Waals surface area contributed by atoms with Gasteiger partial charge in [0.2, 0.25) is 0 Å². The third-order valence-corrected chi connectivity index (χ3v) is 4.79. The van der Waals surface area contributed by atoms with Gasteiger partial charge in [-0.15, -0.1) is 0 Å². The van der Waals surface area contributed by atoms with Crippen LogP contribution in [0.1, 0.15) is 24.1 Å². The van der Waals surface area contributed by atoms with E-state index in [-0.39, 0.29) is 6.04 Å². The van der Waals surface area contributed by atoms with Crippen molar-refractivity contribution in [3.8, 4) is 17.2 Å². The minimum absolute atomic E-state index is 0.224. The van der Waals surface area contributed by atoms with Crippen molar-refractivity contribution in [1.82, 2.24) is 10.3 Å². The van der Waals surface area contributed by atoms with Crippen LogP contribution in [0.3, 0.4) is 0 Å². The Bertz CT molecular complexity index is 906. The molecule has 0 amide bonds. The molecule has 1 atom stereocenters. The molecule has 0 saturated heterocycles. The highest BCUT2D eigenvalue weighted by atomic mass is 35.5. The Morgan fingerprint density at radius 1 is 0.931 bits per heavy atom. The standard InChI is InChI=1S/C23H25ClN2O3/c1-17(19-9-11-25-12-10-19)26-16-18-7-8-22(23(15-18)27-2)29-14-13-28-21-6-4-3-5-20(21)24/h3-12,15,17,26H,13-14,16H2,1-2H3/t17-/m0/s1. The first-order valence-electron chi connectivity index (χ1n) is 9.47. The summed E-state index contributed by atoms with van der Waals surface area (Å²) in [5, 5.41) is 4.09. The number of para-hydroxylation sites is 1. The molecule has 1 aromatic heterocycles. The van der Waals surface area contributed by atoms with E-state index in [4.69, 9.17) is 25.8 Å². The molecule has 6 heteroatoms. The number of aromatic nitrogens is 1. The smallest absolute Gasteiger partial charge is 0.161 e. The average molecular weight is 413 g/mol. The Balaban J connectivity index is 1.51. The Hall–Kier alpha value is -2.76. The fourth-order valence-electron chi connectivity index (χ4n) is 2.85. The van der Waals surface area contributed by atoms with Crippen LogP contribution >= 0.6 is 11.6 Å². The molecular formula is C23H25ClN2O3. The summed E-state index contributed by atoms with van der Waals surface area (Å²) < 4.78 is 17.0. The van der Waals surface area contributed by atoms with Gasteiger partial charge in [0.1, 0.15) is 19.0 Å². The van der Waals surface area contributed by atoms with E-state index in [0.717, 1.165) is 12.1 Å². The number of hydrogen-bond donors (Lipinski definition) is 1. The van der Waals surface area contributed by atoms with Gasteiger partial charge >= 0.3 is 0 Å². The Morgan fingerprint density at radius 3 is 2.38 bits per heavy atom. The van der Waals surface area contributed by atoms with Crippen LogP contribution in [0.4, 0.5) is 0 Å². The molecule has 1 N–H and O–H groups in total. The van der Waals surface area contributed by atoms with Crippen molar-refractivity contribution in [2.45, 2.75) is 19.5 Å². The lowest BCUT2D eigenvalue weighted by Gasteiger charge is -2.16. The van der Waals surface area contributed by atoms with E-state index < -0.39 is 0 Å². The lowest BCUT2D eigenvalue weighted by Crippen LogP contribution is -2.18. The minimum atomic E-state index is 0.224. The van der Waals surface area contributed by atoms with Crippen molar-refractivity contribution in [2.75, 3.05) is 20.3 Å². The first-order chi connectivity index (χ1) is 14.2. The van der Waals surface area contributed by atoms with Gasteiger partial charge in [-0.25, -0.2) is 0 Å². The summed E-state index contributed by atoms with van der Waals surface area (Å²) in [4.78, 5) is 4.06. The molecular weight excluding hydrogens is 388 g/mol. The van der Waals surface area contributed by atoms with Gasteiger partial charge in [-0.1, -0.05) is 29.8 Å². The first kappa shape index (κ1) is 21.0. The van der Waals surface area contributed by atoms with Crippen molar-refractivity contribution in [3.05, 3.63) is 83.1 Å². The van der Waals surface area contributed by atoms with Crippen LogP contribution in [0.25, 0.3) is 0 Å². The quantitative estimate of drug-likeness (QED) is 0.472. The highest BCUT2D eigenvalue weighted by Gasteiger charge is 2.09. The van der Waals surface area contributed by atoms with E-state index in [1.807, 2.05) is 48.5 Å². The SMILES string of the molecule is COc1cc(CN[C@@H](C)c2ccncc2)ccc1OCCOc1ccccc1Cl. The molecule has 0 aliphatic carbocycles. The topological polar surface area (TPSA) is 52.6 Å². The van der Waals surface area contributed by atoms with Gasteiger partial charge in [-0.2, -0.15) is 0 Å². The molecule has 0 bridgehead atoms. The molecule has 3 aromatic rings. The molecule has 0 unspecified atom stereocenters. The number of methoxy groups -OCH3 is 1. The molecule has 0 spiro atoms. The molecule has 0 aliphatic heterocycles. The second-order valence-electron chi connectivity index (χ2n) is 6.50. The van der Waals surface area contributed by atoms with Crippen LogP contribution in [0.15, 0.2) is 67.0 Å². The van der Waals surface area contributed by atoms with Gasteiger partial charge in [-0.05, 0) is 54.4 Å². The van der Waals surface area contributed by atoms with Gasteiger partial charge in [0.25, 0.3) is 0 Å². The molecule has 0 aliphatic rings. The number of nitrogens with one attached hydrogen (secondary N) is 1. The van der Waals surface area contributed by atoms with Crippen molar-refractivity contribution < 1.29 is 14.2 Å². The van der Waals surface area contributed by atoms with Crippen molar-refractivity contribution >= 4 is 11.6 Å². The average Bonchev–Trinajstić information content (AvgIpc) is 2.77. The monoisotopic (exact) mass is 412 g/mol. The van der Waals surface area contributed by atoms with Gasteiger partial charge in [-0.3, -0.25) is 4.98 Å². The van der Waals surface area contributed by atoms with Gasteiger partial charge < -0.3 is 19.5 Å². The summed E-state index contributed by atoms with van der Waals surface area (Å²) >= 11 is 6.08. The second-order valence-corrected chi connectivity index (χ2v) is 6.90. The lowest BCUT2D eigenvalue weighted by atomic mass is 10.1. The number of rotatable bonds is 10. The van der Waals surface area contributed by atoms with Crippen LogP contribution in [0.2, 0.25) is 5.02 Å². The number of nitrogens with zero attached hydrogens (tertiary/aromatic N) is 1. The summed E-state index contributed by atoms with van der Waals surface area (Å²) in [6, 6.07) is 17.6. The van der Waals surface area contributed by atoms with E-state index in [9.17, 15) is 0 Å². The number of halogens is 1. The molecule has 2 aromatic carbocycles. The molecule has 1 heterocycles. The third-order valence-electron chi connectivity index (χ3n) is 4.48. The third kappa shape index (κ3) is 6.11.